The van der Waals surface area contributed by atoms with Gasteiger partial charge in [-0.25, -0.2) is 10.2 Å². The second-order valence-corrected chi connectivity index (χ2v) is 5.67. The fourth-order valence-electron chi connectivity index (χ4n) is 1.83. The molecule has 0 radical (unpaired) electrons. The lowest BCUT2D eigenvalue weighted by Crippen LogP contribution is -2.44. The molecule has 0 saturated heterocycles. The van der Waals surface area contributed by atoms with Crippen LogP contribution in [0.4, 0.5) is 16.2 Å². The average molecular weight is 383 g/mol. The normalized spacial score (nSPS) is 10.0. The van der Waals surface area contributed by atoms with Crippen LogP contribution in [0.1, 0.15) is 5.56 Å². The maximum Gasteiger partial charge on any atom is 0.337 e. The molecule has 2 rings (SSSR count). The zero-order chi connectivity index (χ0) is 18.4. The van der Waals surface area contributed by atoms with Gasteiger partial charge in [0.05, 0.1) is 21.4 Å². The molecule has 0 heterocycles. The van der Waals surface area contributed by atoms with Gasteiger partial charge in [-0.3, -0.25) is 20.3 Å². The van der Waals surface area contributed by atoms with E-state index in [0.29, 0.717) is 16.3 Å². The lowest BCUT2D eigenvalue weighted by atomic mass is 10.1. The molecular weight excluding hydrogens is 371 g/mol. The average Bonchev–Trinajstić information content (AvgIpc) is 2.57. The number of carbonyl (C=O) groups excluding carboxylic acids is 2. The van der Waals surface area contributed by atoms with Crippen LogP contribution in [-0.4, -0.2) is 16.9 Å². The summed E-state index contributed by atoms with van der Waals surface area (Å²) < 4.78 is 0. The Balaban J connectivity index is 1.81. The molecule has 2 aromatic carbocycles. The number of halogens is 2. The van der Waals surface area contributed by atoms with Gasteiger partial charge in [-0.1, -0.05) is 35.3 Å². The SMILES string of the molecule is O=C(Cc1ccc([N+](=O)[O-])cc1)NNC(=O)Nc1ccc(Cl)c(Cl)c1. The Labute approximate surface area is 152 Å². The van der Waals surface area contributed by atoms with E-state index in [9.17, 15) is 19.7 Å². The minimum Gasteiger partial charge on any atom is -0.307 e. The number of hydrazine groups is 1. The van der Waals surface area contributed by atoms with Gasteiger partial charge in [0.25, 0.3) is 5.69 Å². The Morgan fingerprint density at radius 2 is 1.68 bits per heavy atom. The first kappa shape index (κ1) is 18.5. The number of nitro groups is 1. The summed E-state index contributed by atoms with van der Waals surface area (Å²) >= 11 is 11.6. The molecule has 0 aromatic heterocycles. The first-order chi connectivity index (χ1) is 11.8. The standard InChI is InChI=1S/C15H12Cl2N4O4/c16-12-6-3-10(8-13(12)17)18-15(23)20-19-14(22)7-9-1-4-11(5-2-9)21(24)25/h1-6,8H,7H2,(H,19,22)(H2,18,20,23). The van der Waals surface area contributed by atoms with Crippen LogP contribution in [0.15, 0.2) is 42.5 Å². The van der Waals surface area contributed by atoms with Crippen molar-refractivity contribution in [2.75, 3.05) is 5.32 Å². The summed E-state index contributed by atoms with van der Waals surface area (Å²) in [5, 5.41) is 13.7. The molecule has 0 unspecified atom stereocenters. The number of rotatable bonds is 4. The van der Waals surface area contributed by atoms with Gasteiger partial charge in [-0.2, -0.15) is 0 Å². The third-order valence-electron chi connectivity index (χ3n) is 3.00. The van der Waals surface area contributed by atoms with E-state index in [-0.39, 0.29) is 17.1 Å². The van der Waals surface area contributed by atoms with E-state index in [0.717, 1.165) is 0 Å². The van der Waals surface area contributed by atoms with Gasteiger partial charge in [-0.15, -0.1) is 0 Å². The number of hydrogen-bond donors (Lipinski definition) is 3. The number of hydrogen-bond acceptors (Lipinski definition) is 4. The summed E-state index contributed by atoms with van der Waals surface area (Å²) in [6.07, 6.45) is -0.0505. The molecule has 8 nitrogen and oxygen atoms in total. The summed E-state index contributed by atoms with van der Waals surface area (Å²) in [5.74, 6) is -0.488. The smallest absolute Gasteiger partial charge is 0.307 e. The first-order valence-corrected chi connectivity index (χ1v) is 7.65. The molecule has 0 aliphatic heterocycles. The molecule has 3 amide bonds. The number of carbonyl (C=O) groups is 2. The van der Waals surface area contributed by atoms with Gasteiger partial charge in [0, 0.05) is 17.8 Å². The molecule has 0 spiro atoms. The van der Waals surface area contributed by atoms with E-state index in [1.165, 1.54) is 36.4 Å². The van der Waals surface area contributed by atoms with Crippen LogP contribution in [0, 0.1) is 10.1 Å². The summed E-state index contributed by atoms with van der Waals surface area (Å²) in [5.41, 5.74) is 5.30. The summed E-state index contributed by atoms with van der Waals surface area (Å²) in [6.45, 7) is 0. The maximum absolute atomic E-state index is 11.8. The van der Waals surface area contributed by atoms with Crippen molar-refractivity contribution in [3.8, 4) is 0 Å². The predicted octanol–water partition coefficient (Wildman–Crippen LogP) is 3.30. The Morgan fingerprint density at radius 1 is 1.00 bits per heavy atom. The van der Waals surface area contributed by atoms with E-state index in [1.54, 1.807) is 6.07 Å². The van der Waals surface area contributed by atoms with Gasteiger partial charge in [0.15, 0.2) is 0 Å². The van der Waals surface area contributed by atoms with Crippen molar-refractivity contribution < 1.29 is 14.5 Å². The van der Waals surface area contributed by atoms with E-state index in [2.05, 4.69) is 16.2 Å². The number of benzene rings is 2. The van der Waals surface area contributed by atoms with Crippen molar-refractivity contribution in [2.24, 2.45) is 0 Å². The Kier molecular flexibility index (Phi) is 6.15. The van der Waals surface area contributed by atoms with Crippen LogP contribution in [0.5, 0.6) is 0 Å². The van der Waals surface area contributed by atoms with Crippen LogP contribution in [0.25, 0.3) is 0 Å². The highest BCUT2D eigenvalue weighted by molar-refractivity contribution is 6.42. The van der Waals surface area contributed by atoms with Crippen molar-refractivity contribution in [1.82, 2.24) is 10.9 Å². The molecule has 0 fully saturated rings. The predicted molar refractivity (Wildman–Crippen MR) is 93.6 cm³/mol. The number of nitrogens with one attached hydrogen (secondary N) is 3. The minimum atomic E-state index is -0.671. The fourth-order valence-corrected chi connectivity index (χ4v) is 2.13. The molecule has 25 heavy (non-hydrogen) atoms. The topological polar surface area (TPSA) is 113 Å². The zero-order valence-electron chi connectivity index (χ0n) is 12.6. The van der Waals surface area contributed by atoms with Crippen LogP contribution < -0.4 is 16.2 Å². The number of nitrogens with zero attached hydrogens (tertiary/aromatic N) is 1. The van der Waals surface area contributed by atoms with Gasteiger partial charge in [-0.05, 0) is 23.8 Å². The highest BCUT2D eigenvalue weighted by Gasteiger charge is 2.09. The van der Waals surface area contributed by atoms with Gasteiger partial charge in [0.2, 0.25) is 5.91 Å². The van der Waals surface area contributed by atoms with Gasteiger partial charge >= 0.3 is 6.03 Å². The highest BCUT2D eigenvalue weighted by Crippen LogP contribution is 2.24. The monoisotopic (exact) mass is 382 g/mol. The van der Waals surface area contributed by atoms with Crippen molar-refractivity contribution in [1.29, 1.82) is 0 Å². The number of urea groups is 1. The molecule has 10 heteroatoms. The summed E-state index contributed by atoms with van der Waals surface area (Å²) in [6, 6.07) is 9.39. The number of nitro benzene ring substituents is 1. The number of non-ortho nitro benzene ring substituents is 1. The van der Waals surface area contributed by atoms with Crippen molar-refractivity contribution in [3.05, 3.63) is 68.2 Å². The molecule has 0 saturated carbocycles. The summed E-state index contributed by atoms with van der Waals surface area (Å²) in [4.78, 5) is 33.5. The van der Waals surface area contributed by atoms with Crippen molar-refractivity contribution >= 4 is 46.5 Å². The second-order valence-electron chi connectivity index (χ2n) is 4.86. The maximum atomic E-state index is 11.8. The van der Waals surface area contributed by atoms with E-state index >= 15 is 0 Å². The molecule has 130 valence electrons. The largest absolute Gasteiger partial charge is 0.337 e. The molecule has 0 aliphatic carbocycles. The molecule has 0 aliphatic rings. The molecule has 0 atom stereocenters. The van der Waals surface area contributed by atoms with Crippen LogP contribution in [-0.2, 0) is 11.2 Å². The Morgan fingerprint density at radius 3 is 2.28 bits per heavy atom. The van der Waals surface area contributed by atoms with Crippen LogP contribution in [0.3, 0.4) is 0 Å². The molecular formula is C15H12Cl2N4O4. The highest BCUT2D eigenvalue weighted by atomic mass is 35.5. The molecule has 3 N–H and O–H groups in total. The quantitative estimate of drug-likeness (QED) is 0.555. The van der Waals surface area contributed by atoms with E-state index < -0.39 is 16.9 Å². The van der Waals surface area contributed by atoms with Gasteiger partial charge in [0.1, 0.15) is 0 Å². The third-order valence-corrected chi connectivity index (χ3v) is 3.74. The van der Waals surface area contributed by atoms with Crippen LogP contribution >= 0.6 is 23.2 Å². The van der Waals surface area contributed by atoms with Crippen molar-refractivity contribution in [3.63, 3.8) is 0 Å². The molecule has 0 bridgehead atoms. The zero-order valence-corrected chi connectivity index (χ0v) is 14.1. The lowest BCUT2D eigenvalue weighted by Gasteiger charge is -2.09. The molecule has 2 aromatic rings. The third kappa shape index (κ3) is 5.63. The van der Waals surface area contributed by atoms with Crippen molar-refractivity contribution in [2.45, 2.75) is 6.42 Å². The second kappa shape index (κ2) is 8.32. The number of amides is 3. The Hall–Kier alpha value is -2.84. The van der Waals surface area contributed by atoms with Gasteiger partial charge < -0.3 is 5.32 Å². The fraction of sp³-hybridized carbons (Fsp3) is 0.0667. The lowest BCUT2D eigenvalue weighted by molar-refractivity contribution is -0.384. The minimum absolute atomic E-state index is 0.0505. The summed E-state index contributed by atoms with van der Waals surface area (Å²) in [7, 11) is 0. The van der Waals surface area contributed by atoms with E-state index in [4.69, 9.17) is 23.2 Å². The Bertz CT molecular complexity index is 812. The van der Waals surface area contributed by atoms with E-state index in [1.807, 2.05) is 0 Å². The number of anilines is 1. The van der Waals surface area contributed by atoms with Crippen LogP contribution in [0.2, 0.25) is 10.0 Å². The first-order valence-electron chi connectivity index (χ1n) is 6.89.